The van der Waals surface area contributed by atoms with Crippen molar-refractivity contribution >= 4 is 22.4 Å². The van der Waals surface area contributed by atoms with Gasteiger partial charge in [-0.1, -0.05) is 24.6 Å². The van der Waals surface area contributed by atoms with Gasteiger partial charge in [-0.25, -0.2) is 0 Å². The van der Waals surface area contributed by atoms with Crippen LogP contribution in [-0.4, -0.2) is 38.8 Å². The van der Waals surface area contributed by atoms with E-state index in [0.29, 0.717) is 12.2 Å². The molecule has 0 bridgehead atoms. The Morgan fingerprint density at radius 2 is 1.69 bits per heavy atom. The van der Waals surface area contributed by atoms with Gasteiger partial charge in [0, 0.05) is 18.0 Å². The molecule has 0 spiro atoms. The molecule has 0 aliphatic carbocycles. The average molecular weight is 371 g/mol. The molecule has 1 fully saturated rings. The average Bonchev–Trinajstić information content (AvgIpc) is 3.29. The van der Waals surface area contributed by atoms with E-state index in [1.807, 2.05) is 40.3 Å². The summed E-state index contributed by atoms with van der Waals surface area (Å²) in [7, 11) is 0. The number of thiophene rings is 1. The van der Waals surface area contributed by atoms with Gasteiger partial charge in [0.2, 0.25) is 5.62 Å². The highest BCUT2D eigenvalue weighted by Gasteiger charge is 2.17. The summed E-state index contributed by atoms with van der Waals surface area (Å²) in [4.78, 5) is 3.45. The monoisotopic (exact) mass is 370 g/mol. The maximum atomic E-state index is 10.6. The molecule has 0 radical (unpaired) electrons. The topological polar surface area (TPSA) is 57.2 Å². The van der Waals surface area contributed by atoms with Crippen molar-refractivity contribution in [3.05, 3.63) is 52.3 Å². The second-order valence-electron chi connectivity index (χ2n) is 7.01. The molecule has 3 aromatic rings. The first kappa shape index (κ1) is 17.5. The normalized spacial score (nSPS) is 17.0. The van der Waals surface area contributed by atoms with Crippen LogP contribution in [-0.2, 0) is 13.1 Å². The zero-order chi connectivity index (χ0) is 17.9. The number of imidazole rings is 1. The van der Waals surface area contributed by atoms with Crippen molar-refractivity contribution in [2.24, 2.45) is 0 Å². The molecule has 138 valence electrons. The summed E-state index contributed by atoms with van der Waals surface area (Å²) in [6.45, 7) is 4.56. The fourth-order valence-corrected chi connectivity index (χ4v) is 4.58. The molecule has 3 heterocycles. The number of aliphatic hydroxyl groups excluding tert-OH is 1. The maximum Gasteiger partial charge on any atom is 0.203 e. The third kappa shape index (κ3) is 3.49. The molecular formula is C20H26N4OS. The Bertz CT molecular complexity index is 906. The minimum Gasteiger partial charge on any atom is -0.386 e. The number of aliphatic hydroxyl groups is 1. The summed E-state index contributed by atoms with van der Waals surface area (Å²) in [5.41, 5.74) is 2.57. The highest BCUT2D eigenvalue weighted by Crippen LogP contribution is 2.22. The minimum absolute atomic E-state index is 0.413. The zero-order valence-corrected chi connectivity index (χ0v) is 15.8. The van der Waals surface area contributed by atoms with Crippen molar-refractivity contribution in [2.75, 3.05) is 19.6 Å². The van der Waals surface area contributed by atoms with Gasteiger partial charge in [-0.3, -0.25) is 5.41 Å². The number of likely N-dealkylation sites (tertiary alicyclic amines) is 1. The number of fused-ring (bicyclic) bond motifs is 1. The van der Waals surface area contributed by atoms with Gasteiger partial charge in [-0.15, -0.1) is 11.3 Å². The highest BCUT2D eigenvalue weighted by molar-refractivity contribution is 7.10. The van der Waals surface area contributed by atoms with E-state index in [-0.39, 0.29) is 0 Å². The summed E-state index contributed by atoms with van der Waals surface area (Å²) in [5, 5.41) is 21.3. The molecule has 1 aliphatic heterocycles. The van der Waals surface area contributed by atoms with Crippen molar-refractivity contribution in [2.45, 2.75) is 38.5 Å². The Hall–Kier alpha value is -1.89. The number of aromatic nitrogens is 2. The van der Waals surface area contributed by atoms with Crippen molar-refractivity contribution in [3.63, 3.8) is 0 Å². The van der Waals surface area contributed by atoms with E-state index < -0.39 is 6.10 Å². The molecule has 6 heteroatoms. The first-order valence-electron chi connectivity index (χ1n) is 9.40. The van der Waals surface area contributed by atoms with Gasteiger partial charge in [0.25, 0.3) is 0 Å². The van der Waals surface area contributed by atoms with Crippen LogP contribution < -0.4 is 5.62 Å². The summed E-state index contributed by atoms with van der Waals surface area (Å²) in [5.74, 6) is 0. The van der Waals surface area contributed by atoms with Gasteiger partial charge < -0.3 is 19.1 Å². The lowest BCUT2D eigenvalue weighted by molar-refractivity contribution is 0.159. The molecule has 1 aromatic carbocycles. The summed E-state index contributed by atoms with van der Waals surface area (Å²) < 4.78 is 4.03. The number of hydrogen-bond donors (Lipinski definition) is 2. The first-order valence-corrected chi connectivity index (χ1v) is 10.3. The number of hydrogen-bond acceptors (Lipinski definition) is 4. The molecule has 26 heavy (non-hydrogen) atoms. The first-order chi connectivity index (χ1) is 12.7. The van der Waals surface area contributed by atoms with Gasteiger partial charge >= 0.3 is 0 Å². The van der Waals surface area contributed by atoms with Crippen molar-refractivity contribution in [3.8, 4) is 0 Å². The van der Waals surface area contributed by atoms with E-state index in [2.05, 4.69) is 15.5 Å². The van der Waals surface area contributed by atoms with E-state index in [1.165, 1.54) is 32.4 Å². The van der Waals surface area contributed by atoms with Crippen LogP contribution in [0.2, 0.25) is 0 Å². The van der Waals surface area contributed by atoms with Crippen LogP contribution >= 0.6 is 11.3 Å². The van der Waals surface area contributed by atoms with E-state index in [1.54, 1.807) is 11.3 Å². The lowest BCUT2D eigenvalue weighted by atomic mass is 10.1. The Labute approximate surface area is 157 Å². The highest BCUT2D eigenvalue weighted by atomic mass is 32.1. The maximum absolute atomic E-state index is 10.6. The van der Waals surface area contributed by atoms with Crippen LogP contribution in [0.5, 0.6) is 0 Å². The van der Waals surface area contributed by atoms with Crippen LogP contribution in [0.15, 0.2) is 41.8 Å². The predicted molar refractivity (Wildman–Crippen MR) is 105 cm³/mol. The number of para-hydroxylation sites is 2. The quantitative estimate of drug-likeness (QED) is 0.700. The zero-order valence-electron chi connectivity index (χ0n) is 15.0. The fourth-order valence-electron chi connectivity index (χ4n) is 3.87. The molecular weight excluding hydrogens is 344 g/mol. The third-order valence-corrected chi connectivity index (χ3v) is 6.26. The molecule has 2 aromatic heterocycles. The second-order valence-corrected chi connectivity index (χ2v) is 7.99. The number of benzene rings is 1. The Balaban J connectivity index is 1.61. The number of piperidine rings is 1. The molecule has 1 atom stereocenters. The van der Waals surface area contributed by atoms with Gasteiger partial charge in [-0.05, 0) is 49.5 Å². The molecule has 2 N–H and O–H groups in total. The SMILES string of the molecule is N=c1n(CCN2CCCCC2)c2ccccc2n1C[C@H](O)c1cccs1. The Morgan fingerprint density at radius 3 is 2.38 bits per heavy atom. The van der Waals surface area contributed by atoms with Gasteiger partial charge in [0.15, 0.2) is 0 Å². The van der Waals surface area contributed by atoms with E-state index in [9.17, 15) is 5.11 Å². The lowest BCUT2D eigenvalue weighted by Crippen LogP contribution is -2.35. The van der Waals surface area contributed by atoms with Gasteiger partial charge in [-0.2, -0.15) is 0 Å². The molecule has 0 amide bonds. The van der Waals surface area contributed by atoms with Crippen LogP contribution in [0.1, 0.15) is 30.2 Å². The summed E-state index contributed by atoms with van der Waals surface area (Å²) in [6, 6.07) is 12.1. The Morgan fingerprint density at radius 1 is 0.962 bits per heavy atom. The number of nitrogens with one attached hydrogen (secondary N) is 1. The van der Waals surface area contributed by atoms with E-state index in [4.69, 9.17) is 5.41 Å². The van der Waals surface area contributed by atoms with Crippen molar-refractivity contribution in [1.29, 1.82) is 5.41 Å². The minimum atomic E-state index is -0.578. The van der Waals surface area contributed by atoms with Gasteiger partial charge in [0.05, 0.1) is 17.6 Å². The van der Waals surface area contributed by atoms with E-state index in [0.717, 1.165) is 29.0 Å². The van der Waals surface area contributed by atoms with Crippen LogP contribution in [0.25, 0.3) is 11.0 Å². The molecule has 4 rings (SSSR count). The Kier molecular flexibility index (Phi) is 5.24. The molecule has 5 nitrogen and oxygen atoms in total. The van der Waals surface area contributed by atoms with Crippen LogP contribution in [0.4, 0.5) is 0 Å². The molecule has 1 aliphatic rings. The third-order valence-electron chi connectivity index (χ3n) is 5.29. The standard InChI is InChI=1S/C20H26N4OS/c21-20-23(13-12-22-10-4-1-5-11-22)16-7-2-3-8-17(16)24(20)15-18(25)19-9-6-14-26-19/h2-3,6-9,14,18,21,25H,1,4-5,10-13,15H2/t18-/m0/s1. The fraction of sp³-hybridized carbons (Fsp3) is 0.450. The summed E-state index contributed by atoms with van der Waals surface area (Å²) >= 11 is 1.56. The number of rotatable bonds is 6. The smallest absolute Gasteiger partial charge is 0.203 e. The molecule has 1 saturated heterocycles. The lowest BCUT2D eigenvalue weighted by Gasteiger charge is -2.26. The number of nitrogens with zero attached hydrogens (tertiary/aromatic N) is 3. The second kappa shape index (κ2) is 7.78. The van der Waals surface area contributed by atoms with E-state index >= 15 is 0 Å². The van der Waals surface area contributed by atoms with Crippen molar-refractivity contribution < 1.29 is 5.11 Å². The molecule has 0 saturated carbocycles. The molecule has 0 unspecified atom stereocenters. The largest absolute Gasteiger partial charge is 0.386 e. The van der Waals surface area contributed by atoms with Crippen molar-refractivity contribution in [1.82, 2.24) is 14.0 Å². The summed E-state index contributed by atoms with van der Waals surface area (Å²) in [6.07, 6.45) is 3.33. The van der Waals surface area contributed by atoms with Crippen LogP contribution in [0.3, 0.4) is 0 Å². The van der Waals surface area contributed by atoms with Gasteiger partial charge in [0.1, 0.15) is 6.10 Å². The predicted octanol–water partition coefficient (Wildman–Crippen LogP) is 3.20. The van der Waals surface area contributed by atoms with Crippen LogP contribution in [0, 0.1) is 5.41 Å².